The van der Waals surface area contributed by atoms with Gasteiger partial charge >= 0.3 is 0 Å². The number of aryl methyl sites for hydroxylation is 1. The van der Waals surface area contributed by atoms with Crippen molar-refractivity contribution < 1.29 is 9.90 Å². The number of carbonyl (C=O) groups is 1. The molecule has 0 atom stereocenters. The van der Waals surface area contributed by atoms with Gasteiger partial charge in [-0.1, -0.05) is 0 Å². The quantitative estimate of drug-likeness (QED) is 0.767. The smallest absolute Gasteiger partial charge is 0.274 e. The number of aromatic amines is 1. The molecule has 1 aliphatic rings. The van der Waals surface area contributed by atoms with Crippen molar-refractivity contribution in [3.8, 4) is 0 Å². The van der Waals surface area contributed by atoms with E-state index in [4.69, 9.17) is 5.11 Å². The van der Waals surface area contributed by atoms with Crippen LogP contribution in [0.4, 0.5) is 0 Å². The van der Waals surface area contributed by atoms with Gasteiger partial charge in [-0.3, -0.25) is 9.69 Å². The molecule has 0 unspecified atom stereocenters. The fourth-order valence-electron chi connectivity index (χ4n) is 3.42. The Morgan fingerprint density at radius 3 is 2.73 bits per heavy atom. The third-order valence-electron chi connectivity index (χ3n) is 5.07. The summed E-state index contributed by atoms with van der Waals surface area (Å²) >= 11 is 0. The van der Waals surface area contributed by atoms with Crippen LogP contribution in [0.15, 0.2) is 6.33 Å². The van der Waals surface area contributed by atoms with Crippen molar-refractivity contribution >= 4 is 5.91 Å². The Balaban J connectivity index is 1.61. The summed E-state index contributed by atoms with van der Waals surface area (Å²) in [6.45, 7) is 4.64. The van der Waals surface area contributed by atoms with Gasteiger partial charge in [0.2, 0.25) is 0 Å². The molecule has 9 heteroatoms. The van der Waals surface area contributed by atoms with Crippen LogP contribution in [0.2, 0.25) is 0 Å². The molecule has 3 rings (SSSR count). The maximum Gasteiger partial charge on any atom is 0.274 e. The zero-order valence-corrected chi connectivity index (χ0v) is 15.6. The second kappa shape index (κ2) is 7.96. The molecule has 3 heterocycles. The van der Waals surface area contributed by atoms with Gasteiger partial charge in [0.15, 0.2) is 0 Å². The lowest BCUT2D eigenvalue weighted by Crippen LogP contribution is -2.38. The summed E-state index contributed by atoms with van der Waals surface area (Å²) < 4.78 is 2.05. The van der Waals surface area contributed by atoms with Crippen molar-refractivity contribution in [2.24, 2.45) is 7.05 Å². The van der Waals surface area contributed by atoms with Gasteiger partial charge in [0.05, 0.1) is 19.5 Å². The van der Waals surface area contributed by atoms with E-state index >= 15 is 0 Å². The minimum atomic E-state index is -0.00789. The number of aromatic nitrogens is 5. The molecule has 0 aliphatic carbocycles. The summed E-state index contributed by atoms with van der Waals surface area (Å²) in [7, 11) is 3.94. The number of nitrogens with zero attached hydrogens (tertiary/aromatic N) is 6. The topological polar surface area (TPSA) is 103 Å². The van der Waals surface area contributed by atoms with E-state index in [1.165, 1.54) is 0 Å². The number of likely N-dealkylation sites (N-methyl/N-ethyl adjacent to an activating group) is 1. The number of rotatable bonds is 6. The molecule has 2 N–H and O–H groups in total. The van der Waals surface area contributed by atoms with Crippen molar-refractivity contribution in [3.63, 3.8) is 0 Å². The summed E-state index contributed by atoms with van der Waals surface area (Å²) in [6.07, 6.45) is 3.30. The number of piperidine rings is 1. The van der Waals surface area contributed by atoms with Gasteiger partial charge in [-0.05, 0) is 26.8 Å². The molecule has 2 aromatic heterocycles. The third-order valence-corrected chi connectivity index (χ3v) is 5.07. The van der Waals surface area contributed by atoms with E-state index in [9.17, 15) is 4.79 Å². The van der Waals surface area contributed by atoms with Crippen LogP contribution in [0.25, 0.3) is 0 Å². The number of amides is 1. The normalized spacial score (nSPS) is 15.8. The number of aliphatic hydroxyl groups is 1. The molecule has 0 aromatic carbocycles. The highest BCUT2D eigenvalue weighted by Crippen LogP contribution is 2.27. The van der Waals surface area contributed by atoms with Crippen LogP contribution in [-0.2, 0) is 13.6 Å². The first-order valence-corrected chi connectivity index (χ1v) is 8.98. The predicted octanol–water partition coefficient (Wildman–Crippen LogP) is 0.291. The van der Waals surface area contributed by atoms with E-state index in [1.54, 1.807) is 6.33 Å². The molecule has 1 aliphatic heterocycles. The monoisotopic (exact) mass is 361 g/mol. The first-order chi connectivity index (χ1) is 12.5. The number of nitrogens with one attached hydrogen (secondary N) is 1. The minimum Gasteiger partial charge on any atom is -0.395 e. The van der Waals surface area contributed by atoms with Crippen LogP contribution in [0.5, 0.6) is 0 Å². The molecule has 0 saturated carbocycles. The van der Waals surface area contributed by atoms with Gasteiger partial charge in [0.25, 0.3) is 5.91 Å². The van der Waals surface area contributed by atoms with Gasteiger partial charge in [0, 0.05) is 38.3 Å². The standard InChI is InChI=1S/C17H27N7O2/c1-12-15(19-11-18-12)17(26)24-6-4-13(5-7-24)16-21-20-14(23(16)3)10-22(2)8-9-25/h11,13,25H,4-10H2,1-3H3,(H,18,19). The van der Waals surface area contributed by atoms with E-state index in [2.05, 4.69) is 20.2 Å². The average Bonchev–Trinajstić information content (AvgIpc) is 3.21. The van der Waals surface area contributed by atoms with Crippen molar-refractivity contribution in [2.75, 3.05) is 33.3 Å². The van der Waals surface area contributed by atoms with E-state index in [0.29, 0.717) is 37.8 Å². The molecule has 1 saturated heterocycles. The molecule has 2 aromatic rings. The number of carbonyl (C=O) groups excluding carboxylic acids is 1. The van der Waals surface area contributed by atoms with Crippen LogP contribution >= 0.6 is 0 Å². The van der Waals surface area contributed by atoms with Crippen molar-refractivity contribution in [2.45, 2.75) is 32.2 Å². The van der Waals surface area contributed by atoms with Crippen molar-refractivity contribution in [1.82, 2.24) is 34.5 Å². The Morgan fingerprint density at radius 2 is 2.12 bits per heavy atom. The van der Waals surface area contributed by atoms with Crippen LogP contribution in [0.1, 0.15) is 46.6 Å². The summed E-state index contributed by atoms with van der Waals surface area (Å²) in [5, 5.41) is 17.7. The largest absolute Gasteiger partial charge is 0.395 e. The maximum atomic E-state index is 12.6. The first-order valence-electron chi connectivity index (χ1n) is 8.98. The van der Waals surface area contributed by atoms with Crippen molar-refractivity contribution in [3.05, 3.63) is 29.4 Å². The Labute approximate surface area is 153 Å². The van der Waals surface area contributed by atoms with E-state index in [0.717, 1.165) is 30.2 Å². The summed E-state index contributed by atoms with van der Waals surface area (Å²) in [6, 6.07) is 0. The Bertz CT molecular complexity index is 746. The molecule has 0 bridgehead atoms. The van der Waals surface area contributed by atoms with Crippen molar-refractivity contribution in [1.29, 1.82) is 0 Å². The lowest BCUT2D eigenvalue weighted by molar-refractivity contribution is 0.0704. The SMILES string of the molecule is Cc1[nH]cnc1C(=O)N1CCC(c2nnc(CN(C)CCO)n2C)CC1. The fraction of sp³-hybridized carbons (Fsp3) is 0.647. The Morgan fingerprint density at radius 1 is 1.38 bits per heavy atom. The molecule has 0 radical (unpaired) electrons. The number of likely N-dealkylation sites (tertiary alicyclic amines) is 1. The van der Waals surface area contributed by atoms with Crippen LogP contribution < -0.4 is 0 Å². The zero-order chi connectivity index (χ0) is 18.7. The van der Waals surface area contributed by atoms with Gasteiger partial charge in [-0.2, -0.15) is 0 Å². The second-order valence-corrected chi connectivity index (χ2v) is 6.94. The third kappa shape index (κ3) is 3.78. The van der Waals surface area contributed by atoms with Crippen LogP contribution in [0, 0.1) is 6.92 Å². The minimum absolute atomic E-state index is 0.00789. The molecule has 9 nitrogen and oxygen atoms in total. The highest BCUT2D eigenvalue weighted by Gasteiger charge is 2.29. The maximum absolute atomic E-state index is 12.6. The summed E-state index contributed by atoms with van der Waals surface area (Å²) in [5.74, 6) is 2.15. The van der Waals surface area contributed by atoms with Crippen LogP contribution in [0.3, 0.4) is 0 Å². The second-order valence-electron chi connectivity index (χ2n) is 6.94. The van der Waals surface area contributed by atoms with Gasteiger partial charge in [0.1, 0.15) is 17.3 Å². The number of hydrogen-bond acceptors (Lipinski definition) is 6. The Hall–Kier alpha value is -2.26. The highest BCUT2D eigenvalue weighted by atomic mass is 16.3. The average molecular weight is 361 g/mol. The molecule has 1 fully saturated rings. The zero-order valence-electron chi connectivity index (χ0n) is 15.6. The lowest BCUT2D eigenvalue weighted by Gasteiger charge is -2.31. The molecular weight excluding hydrogens is 334 g/mol. The number of H-pyrrole nitrogens is 1. The predicted molar refractivity (Wildman–Crippen MR) is 95.6 cm³/mol. The first kappa shape index (κ1) is 18.5. The highest BCUT2D eigenvalue weighted by molar-refractivity contribution is 5.93. The summed E-state index contributed by atoms with van der Waals surface area (Å²) in [4.78, 5) is 23.5. The van der Waals surface area contributed by atoms with Gasteiger partial charge in [-0.15, -0.1) is 10.2 Å². The molecule has 0 spiro atoms. The van der Waals surface area contributed by atoms with E-state index in [-0.39, 0.29) is 12.5 Å². The lowest BCUT2D eigenvalue weighted by atomic mass is 9.95. The summed E-state index contributed by atoms with van der Waals surface area (Å²) in [5.41, 5.74) is 1.32. The van der Waals surface area contributed by atoms with E-state index in [1.807, 2.05) is 35.4 Å². The Kier molecular flexibility index (Phi) is 5.67. The molecule has 142 valence electrons. The van der Waals surface area contributed by atoms with Gasteiger partial charge < -0.3 is 19.6 Å². The van der Waals surface area contributed by atoms with Crippen LogP contribution in [-0.4, -0.2) is 78.8 Å². The molecule has 26 heavy (non-hydrogen) atoms. The number of hydrogen-bond donors (Lipinski definition) is 2. The number of imidazole rings is 1. The van der Waals surface area contributed by atoms with Gasteiger partial charge in [-0.25, -0.2) is 4.98 Å². The fourth-order valence-corrected chi connectivity index (χ4v) is 3.42. The number of aliphatic hydroxyl groups excluding tert-OH is 1. The molecule has 1 amide bonds. The van der Waals surface area contributed by atoms with E-state index < -0.39 is 0 Å². The molecular formula is C17H27N7O2.